The number of carbonyl (C=O) groups is 2. The summed E-state index contributed by atoms with van der Waals surface area (Å²) < 4.78 is 32.8. The van der Waals surface area contributed by atoms with Gasteiger partial charge in [0.05, 0.1) is 12.0 Å². The van der Waals surface area contributed by atoms with Crippen LogP contribution in [-0.2, 0) is 14.8 Å². The molecule has 1 saturated heterocycles. The van der Waals surface area contributed by atoms with E-state index in [0.717, 1.165) is 0 Å². The Kier molecular flexibility index (Phi) is 7.31. The van der Waals surface area contributed by atoms with Crippen LogP contribution < -0.4 is 14.8 Å². The summed E-state index contributed by atoms with van der Waals surface area (Å²) >= 11 is 0. The van der Waals surface area contributed by atoms with Crippen molar-refractivity contribution in [1.29, 1.82) is 0 Å². The lowest BCUT2D eigenvalue weighted by atomic mass is 9.93. The maximum Gasteiger partial charge on any atom is 0.261 e. The first kappa shape index (κ1) is 24.6. The molecule has 0 saturated carbocycles. The first-order valence-electron chi connectivity index (χ1n) is 10.9. The monoisotopic (exact) mass is 473 g/mol. The lowest BCUT2D eigenvalue weighted by Crippen LogP contribution is -2.49. The van der Waals surface area contributed by atoms with Gasteiger partial charge in [-0.05, 0) is 61.4 Å². The standard InChI is InChI=1S/C24H31N3O5S/c1-24(2,3)23(29)27-15-13-18(14-16-27)25-22(28)17-5-11-21(12-6-17)33(30,31)26-19-7-9-20(32-4)10-8-19/h5-12,18,26H,13-16H2,1-4H3,(H,25,28). The maximum atomic E-state index is 12.6. The molecule has 0 radical (unpaired) electrons. The number of rotatable bonds is 6. The number of amides is 2. The minimum atomic E-state index is -3.79. The first-order valence-corrected chi connectivity index (χ1v) is 12.3. The molecule has 0 spiro atoms. The largest absolute Gasteiger partial charge is 0.497 e. The van der Waals surface area contributed by atoms with Gasteiger partial charge >= 0.3 is 0 Å². The number of hydrogen-bond donors (Lipinski definition) is 2. The number of nitrogens with zero attached hydrogens (tertiary/aromatic N) is 1. The summed E-state index contributed by atoms with van der Waals surface area (Å²) in [5, 5.41) is 2.99. The normalized spacial score (nSPS) is 15.1. The van der Waals surface area contributed by atoms with Crippen LogP contribution in [0.5, 0.6) is 5.75 Å². The lowest BCUT2D eigenvalue weighted by molar-refractivity contribution is -0.140. The van der Waals surface area contributed by atoms with Gasteiger partial charge in [0.1, 0.15) is 5.75 Å². The van der Waals surface area contributed by atoms with Crippen molar-refractivity contribution in [3.05, 3.63) is 54.1 Å². The molecule has 0 aliphatic carbocycles. The fourth-order valence-corrected chi connectivity index (χ4v) is 4.69. The predicted molar refractivity (Wildman–Crippen MR) is 127 cm³/mol. The summed E-state index contributed by atoms with van der Waals surface area (Å²) in [4.78, 5) is 26.9. The third-order valence-corrected chi connectivity index (χ3v) is 6.93. The van der Waals surface area contributed by atoms with Crippen LogP contribution in [0.1, 0.15) is 44.0 Å². The molecule has 0 aromatic heterocycles. The lowest BCUT2D eigenvalue weighted by Gasteiger charge is -2.36. The van der Waals surface area contributed by atoms with Crippen LogP contribution in [0.3, 0.4) is 0 Å². The summed E-state index contributed by atoms with van der Waals surface area (Å²) in [5.74, 6) is 0.481. The van der Waals surface area contributed by atoms with Gasteiger partial charge in [0.2, 0.25) is 5.91 Å². The molecule has 9 heteroatoms. The fraction of sp³-hybridized carbons (Fsp3) is 0.417. The molecular formula is C24H31N3O5S. The smallest absolute Gasteiger partial charge is 0.261 e. The van der Waals surface area contributed by atoms with Gasteiger partial charge in [-0.3, -0.25) is 14.3 Å². The van der Waals surface area contributed by atoms with E-state index >= 15 is 0 Å². The van der Waals surface area contributed by atoms with Gasteiger partial charge in [0.25, 0.3) is 15.9 Å². The third-order valence-electron chi connectivity index (χ3n) is 5.53. The molecule has 2 aromatic rings. The van der Waals surface area contributed by atoms with Crippen LogP contribution in [0, 0.1) is 5.41 Å². The minimum absolute atomic E-state index is 0.0262. The van der Waals surface area contributed by atoms with Crippen LogP contribution >= 0.6 is 0 Å². The number of methoxy groups -OCH3 is 1. The highest BCUT2D eigenvalue weighted by atomic mass is 32.2. The minimum Gasteiger partial charge on any atom is -0.497 e. The summed E-state index contributed by atoms with van der Waals surface area (Å²) in [7, 11) is -2.25. The van der Waals surface area contributed by atoms with E-state index in [0.29, 0.717) is 42.9 Å². The van der Waals surface area contributed by atoms with Crippen LogP contribution in [0.25, 0.3) is 0 Å². The quantitative estimate of drug-likeness (QED) is 0.670. The van der Waals surface area contributed by atoms with Gasteiger partial charge in [0.15, 0.2) is 0 Å². The maximum absolute atomic E-state index is 12.6. The summed E-state index contributed by atoms with van der Waals surface area (Å²) in [5.41, 5.74) is 0.376. The van der Waals surface area contributed by atoms with Crippen LogP contribution in [0.2, 0.25) is 0 Å². The number of piperidine rings is 1. The molecule has 2 amide bonds. The predicted octanol–water partition coefficient (Wildman–Crippen LogP) is 3.26. The Labute approximate surface area is 195 Å². The molecule has 0 unspecified atom stereocenters. The van der Waals surface area contributed by atoms with E-state index in [2.05, 4.69) is 10.0 Å². The Bertz CT molecular complexity index is 1080. The van der Waals surface area contributed by atoms with E-state index in [-0.39, 0.29) is 22.8 Å². The number of ether oxygens (including phenoxy) is 1. The van der Waals surface area contributed by atoms with Crippen molar-refractivity contribution in [1.82, 2.24) is 10.2 Å². The highest BCUT2D eigenvalue weighted by Crippen LogP contribution is 2.22. The van der Waals surface area contributed by atoms with Crippen LogP contribution in [0.4, 0.5) is 5.69 Å². The number of sulfonamides is 1. The zero-order valence-electron chi connectivity index (χ0n) is 19.4. The Morgan fingerprint density at radius 1 is 0.970 bits per heavy atom. The van der Waals surface area contributed by atoms with E-state index in [1.807, 2.05) is 25.7 Å². The Balaban J connectivity index is 1.57. The van der Waals surface area contributed by atoms with E-state index in [4.69, 9.17) is 4.74 Å². The molecule has 8 nitrogen and oxygen atoms in total. The van der Waals surface area contributed by atoms with Crippen LogP contribution in [-0.4, -0.2) is 51.4 Å². The molecule has 178 valence electrons. The fourth-order valence-electron chi connectivity index (χ4n) is 3.63. The summed E-state index contributed by atoms with van der Waals surface area (Å²) in [6.45, 7) is 6.92. The Morgan fingerprint density at radius 3 is 2.06 bits per heavy atom. The van der Waals surface area contributed by atoms with E-state index in [1.165, 1.54) is 31.4 Å². The van der Waals surface area contributed by atoms with Crippen LogP contribution in [0.15, 0.2) is 53.4 Å². The molecule has 1 aliphatic heterocycles. The molecular weight excluding hydrogens is 442 g/mol. The molecule has 2 aromatic carbocycles. The number of nitrogens with one attached hydrogen (secondary N) is 2. The van der Waals surface area contributed by atoms with Crippen molar-refractivity contribution >= 4 is 27.5 Å². The number of benzene rings is 2. The Hall–Kier alpha value is -3.07. The summed E-state index contributed by atoms with van der Waals surface area (Å²) in [6.07, 6.45) is 1.37. The SMILES string of the molecule is COc1ccc(NS(=O)(=O)c2ccc(C(=O)NC3CCN(C(=O)C(C)(C)C)CC3)cc2)cc1. The van der Waals surface area contributed by atoms with Gasteiger partial charge in [0, 0.05) is 35.8 Å². The second-order valence-electron chi connectivity index (χ2n) is 9.15. The molecule has 1 aliphatic rings. The van der Waals surface area contributed by atoms with E-state index in [9.17, 15) is 18.0 Å². The number of hydrogen-bond acceptors (Lipinski definition) is 5. The average molecular weight is 474 g/mol. The van der Waals surface area contributed by atoms with Gasteiger partial charge in [-0.1, -0.05) is 20.8 Å². The molecule has 33 heavy (non-hydrogen) atoms. The highest BCUT2D eigenvalue weighted by molar-refractivity contribution is 7.92. The zero-order chi connectivity index (χ0) is 24.2. The van der Waals surface area contributed by atoms with Crippen molar-refractivity contribution in [2.24, 2.45) is 5.41 Å². The summed E-state index contributed by atoms with van der Waals surface area (Å²) in [6, 6.07) is 12.3. The van der Waals surface area contributed by atoms with E-state index in [1.54, 1.807) is 24.3 Å². The molecule has 0 atom stereocenters. The van der Waals surface area contributed by atoms with Gasteiger partial charge in [-0.15, -0.1) is 0 Å². The molecule has 2 N–H and O–H groups in total. The second kappa shape index (κ2) is 9.82. The number of carbonyl (C=O) groups excluding carboxylic acids is 2. The van der Waals surface area contributed by atoms with Crippen molar-refractivity contribution in [2.45, 2.75) is 44.6 Å². The number of likely N-dealkylation sites (tertiary alicyclic amines) is 1. The second-order valence-corrected chi connectivity index (χ2v) is 10.8. The molecule has 1 heterocycles. The van der Waals surface area contributed by atoms with Gasteiger partial charge in [-0.2, -0.15) is 0 Å². The van der Waals surface area contributed by atoms with Gasteiger partial charge in [-0.25, -0.2) is 8.42 Å². The first-order chi connectivity index (χ1) is 15.5. The van der Waals surface area contributed by atoms with Crippen molar-refractivity contribution in [3.63, 3.8) is 0 Å². The highest BCUT2D eigenvalue weighted by Gasteiger charge is 2.30. The van der Waals surface area contributed by atoms with Crippen molar-refractivity contribution in [3.8, 4) is 5.75 Å². The molecule has 1 fully saturated rings. The third kappa shape index (κ3) is 6.25. The average Bonchev–Trinajstić information content (AvgIpc) is 2.79. The number of anilines is 1. The topological polar surface area (TPSA) is 105 Å². The van der Waals surface area contributed by atoms with Gasteiger partial charge < -0.3 is 15.0 Å². The zero-order valence-corrected chi connectivity index (χ0v) is 20.2. The van der Waals surface area contributed by atoms with Crippen molar-refractivity contribution < 1.29 is 22.7 Å². The molecule has 0 bridgehead atoms. The molecule has 3 rings (SSSR count). The van der Waals surface area contributed by atoms with E-state index < -0.39 is 15.4 Å². The van der Waals surface area contributed by atoms with Crippen molar-refractivity contribution in [2.75, 3.05) is 24.9 Å². The Morgan fingerprint density at radius 2 is 1.55 bits per heavy atom.